The maximum Gasteiger partial charge on any atom is 0.387 e. The number of rotatable bonds is 9. The SMILES string of the molecule is CCCNC(=O)c1c(NC(=O)c2ccc(OC(F)F)c(OCC)c2)cnn1C. The van der Waals surface area contributed by atoms with Gasteiger partial charge in [0.15, 0.2) is 11.5 Å². The Hall–Kier alpha value is -3.17. The van der Waals surface area contributed by atoms with Crippen LogP contribution in [0.2, 0.25) is 0 Å². The van der Waals surface area contributed by atoms with Gasteiger partial charge < -0.3 is 20.1 Å². The summed E-state index contributed by atoms with van der Waals surface area (Å²) >= 11 is 0. The molecule has 1 aromatic heterocycles. The highest BCUT2D eigenvalue weighted by atomic mass is 19.3. The minimum Gasteiger partial charge on any atom is -0.490 e. The zero-order chi connectivity index (χ0) is 20.7. The van der Waals surface area contributed by atoms with Gasteiger partial charge in [0, 0.05) is 19.2 Å². The number of amides is 2. The topological polar surface area (TPSA) is 94.5 Å². The molecule has 10 heteroatoms. The van der Waals surface area contributed by atoms with Gasteiger partial charge in [0.1, 0.15) is 5.69 Å². The van der Waals surface area contributed by atoms with Gasteiger partial charge in [0.2, 0.25) is 0 Å². The fourth-order valence-corrected chi connectivity index (χ4v) is 2.43. The molecule has 2 aromatic rings. The van der Waals surface area contributed by atoms with E-state index in [1.54, 1.807) is 14.0 Å². The van der Waals surface area contributed by atoms with Crippen LogP contribution < -0.4 is 20.1 Å². The van der Waals surface area contributed by atoms with E-state index in [1.165, 1.54) is 29.1 Å². The van der Waals surface area contributed by atoms with E-state index in [4.69, 9.17) is 4.74 Å². The van der Waals surface area contributed by atoms with Gasteiger partial charge in [-0.1, -0.05) is 6.92 Å². The fourth-order valence-electron chi connectivity index (χ4n) is 2.43. The molecule has 1 heterocycles. The van der Waals surface area contributed by atoms with E-state index in [0.717, 1.165) is 6.42 Å². The third-order valence-corrected chi connectivity index (χ3v) is 3.66. The molecular weight excluding hydrogens is 374 g/mol. The largest absolute Gasteiger partial charge is 0.490 e. The summed E-state index contributed by atoms with van der Waals surface area (Å²) in [7, 11) is 1.58. The second-order valence-corrected chi connectivity index (χ2v) is 5.71. The van der Waals surface area contributed by atoms with E-state index in [2.05, 4.69) is 20.5 Å². The van der Waals surface area contributed by atoms with Crippen LogP contribution in [0, 0.1) is 0 Å². The van der Waals surface area contributed by atoms with E-state index >= 15 is 0 Å². The Balaban J connectivity index is 2.23. The summed E-state index contributed by atoms with van der Waals surface area (Å²) in [5, 5.41) is 9.33. The Morgan fingerprint density at radius 2 is 1.96 bits per heavy atom. The number of ether oxygens (including phenoxy) is 2. The Morgan fingerprint density at radius 1 is 1.21 bits per heavy atom. The quantitative estimate of drug-likeness (QED) is 0.680. The van der Waals surface area contributed by atoms with Gasteiger partial charge in [-0.3, -0.25) is 14.3 Å². The number of alkyl halides is 2. The first-order valence-corrected chi connectivity index (χ1v) is 8.70. The number of nitrogens with zero attached hydrogens (tertiary/aromatic N) is 2. The van der Waals surface area contributed by atoms with Crippen molar-refractivity contribution in [2.75, 3.05) is 18.5 Å². The van der Waals surface area contributed by atoms with Crippen molar-refractivity contribution in [1.82, 2.24) is 15.1 Å². The fraction of sp³-hybridized carbons (Fsp3) is 0.389. The standard InChI is InChI=1S/C18H22F2N4O4/c1-4-8-21-17(26)15-12(10-22-24(15)3)23-16(25)11-6-7-13(28-18(19)20)14(9-11)27-5-2/h6-7,9-10,18H,4-5,8H2,1-3H3,(H,21,26)(H,23,25). The summed E-state index contributed by atoms with van der Waals surface area (Å²) in [6.07, 6.45) is 2.12. The lowest BCUT2D eigenvalue weighted by Crippen LogP contribution is -2.27. The predicted molar refractivity (Wildman–Crippen MR) is 98.0 cm³/mol. The first-order chi connectivity index (χ1) is 13.4. The minimum absolute atomic E-state index is 0.0162. The molecule has 0 aliphatic carbocycles. The van der Waals surface area contributed by atoms with Crippen LogP contribution >= 0.6 is 0 Å². The average molecular weight is 396 g/mol. The molecule has 0 radical (unpaired) electrons. The van der Waals surface area contributed by atoms with Gasteiger partial charge in [0.05, 0.1) is 18.5 Å². The Morgan fingerprint density at radius 3 is 2.61 bits per heavy atom. The highest BCUT2D eigenvalue weighted by Gasteiger charge is 2.20. The van der Waals surface area contributed by atoms with E-state index < -0.39 is 12.5 Å². The molecule has 0 unspecified atom stereocenters. The summed E-state index contributed by atoms with van der Waals surface area (Å²) in [6, 6.07) is 3.84. The molecule has 0 atom stereocenters. The maximum atomic E-state index is 12.6. The number of aromatic nitrogens is 2. The third-order valence-electron chi connectivity index (χ3n) is 3.66. The van der Waals surface area contributed by atoms with Crippen LogP contribution in [0.5, 0.6) is 11.5 Å². The lowest BCUT2D eigenvalue weighted by Gasteiger charge is -2.13. The molecule has 2 amide bonds. The monoisotopic (exact) mass is 396 g/mol. The van der Waals surface area contributed by atoms with Crippen molar-refractivity contribution in [1.29, 1.82) is 0 Å². The Bertz CT molecular complexity index is 839. The van der Waals surface area contributed by atoms with Gasteiger partial charge in [-0.15, -0.1) is 0 Å². The van der Waals surface area contributed by atoms with Crippen molar-refractivity contribution < 1.29 is 27.8 Å². The smallest absolute Gasteiger partial charge is 0.387 e. The highest BCUT2D eigenvalue weighted by Crippen LogP contribution is 2.30. The van der Waals surface area contributed by atoms with Crippen LogP contribution in [0.1, 0.15) is 41.1 Å². The third kappa shape index (κ3) is 5.18. The molecule has 0 aliphatic rings. The molecule has 8 nitrogen and oxygen atoms in total. The molecule has 2 rings (SSSR count). The molecule has 28 heavy (non-hydrogen) atoms. The first kappa shape index (κ1) is 21.1. The van der Waals surface area contributed by atoms with Crippen molar-refractivity contribution in [2.45, 2.75) is 26.9 Å². The zero-order valence-corrected chi connectivity index (χ0v) is 15.8. The molecule has 0 fully saturated rings. The zero-order valence-electron chi connectivity index (χ0n) is 15.8. The molecule has 0 bridgehead atoms. The van der Waals surface area contributed by atoms with Gasteiger partial charge in [-0.05, 0) is 31.5 Å². The molecule has 2 N–H and O–H groups in total. The van der Waals surface area contributed by atoms with Crippen molar-refractivity contribution in [3.8, 4) is 11.5 Å². The van der Waals surface area contributed by atoms with Gasteiger partial charge in [-0.2, -0.15) is 13.9 Å². The number of nitrogens with one attached hydrogen (secondary N) is 2. The van der Waals surface area contributed by atoms with Crippen molar-refractivity contribution in [2.24, 2.45) is 7.05 Å². The lowest BCUT2D eigenvalue weighted by atomic mass is 10.2. The van der Waals surface area contributed by atoms with E-state index in [9.17, 15) is 18.4 Å². The number of carbonyl (C=O) groups is 2. The number of carbonyl (C=O) groups excluding carboxylic acids is 2. The van der Waals surface area contributed by atoms with E-state index in [0.29, 0.717) is 6.54 Å². The van der Waals surface area contributed by atoms with Gasteiger partial charge >= 0.3 is 6.61 Å². The molecule has 0 spiro atoms. The lowest BCUT2D eigenvalue weighted by molar-refractivity contribution is -0.0514. The predicted octanol–water partition coefficient (Wildman–Crippen LogP) is 2.81. The molecule has 152 valence electrons. The number of anilines is 1. The van der Waals surface area contributed by atoms with Crippen molar-refractivity contribution in [3.63, 3.8) is 0 Å². The minimum atomic E-state index is -3.02. The van der Waals surface area contributed by atoms with Crippen molar-refractivity contribution >= 4 is 17.5 Å². The highest BCUT2D eigenvalue weighted by molar-refractivity contribution is 6.08. The molecule has 0 saturated carbocycles. The van der Waals surface area contributed by atoms with Crippen LogP contribution in [-0.2, 0) is 7.05 Å². The molecular formula is C18H22F2N4O4. The Kier molecular flexibility index (Phi) is 7.30. The summed E-state index contributed by atoms with van der Waals surface area (Å²) in [5.41, 5.74) is 0.574. The maximum absolute atomic E-state index is 12.6. The summed E-state index contributed by atoms with van der Waals surface area (Å²) in [4.78, 5) is 24.9. The van der Waals surface area contributed by atoms with Gasteiger partial charge in [0.25, 0.3) is 11.8 Å². The van der Waals surface area contributed by atoms with Crippen LogP contribution in [0.4, 0.5) is 14.5 Å². The van der Waals surface area contributed by atoms with E-state index in [1.807, 2.05) is 6.92 Å². The number of hydrogen-bond donors (Lipinski definition) is 2. The van der Waals surface area contributed by atoms with Crippen molar-refractivity contribution in [3.05, 3.63) is 35.7 Å². The molecule has 0 saturated heterocycles. The summed E-state index contributed by atoms with van der Waals surface area (Å²) in [5.74, 6) is -1.08. The number of aryl methyl sites for hydroxylation is 1. The summed E-state index contributed by atoms with van der Waals surface area (Å²) in [6.45, 7) is 1.27. The first-order valence-electron chi connectivity index (χ1n) is 8.70. The number of benzene rings is 1. The summed E-state index contributed by atoms with van der Waals surface area (Å²) < 4.78 is 36.0. The molecule has 1 aromatic carbocycles. The number of halogens is 2. The molecule has 0 aliphatic heterocycles. The average Bonchev–Trinajstić information content (AvgIpc) is 3.01. The van der Waals surface area contributed by atoms with Crippen LogP contribution in [0.3, 0.4) is 0 Å². The second kappa shape index (κ2) is 9.67. The number of hydrogen-bond acceptors (Lipinski definition) is 5. The normalized spacial score (nSPS) is 10.6. The van der Waals surface area contributed by atoms with Gasteiger partial charge in [-0.25, -0.2) is 0 Å². The Labute approximate surface area is 160 Å². The van der Waals surface area contributed by atoms with Crippen LogP contribution in [0.15, 0.2) is 24.4 Å². The van der Waals surface area contributed by atoms with Crippen LogP contribution in [0.25, 0.3) is 0 Å². The van der Waals surface area contributed by atoms with E-state index in [-0.39, 0.29) is 41.0 Å². The second-order valence-electron chi connectivity index (χ2n) is 5.71. The van der Waals surface area contributed by atoms with Crippen LogP contribution in [-0.4, -0.2) is 41.4 Å².